The summed E-state index contributed by atoms with van der Waals surface area (Å²) in [5.74, 6) is 0.651. The first-order chi connectivity index (χ1) is 12.2. The van der Waals surface area contributed by atoms with Crippen molar-refractivity contribution in [3.63, 3.8) is 0 Å². The van der Waals surface area contributed by atoms with E-state index in [0.717, 1.165) is 58.3 Å². The van der Waals surface area contributed by atoms with Crippen LogP contribution in [0.25, 0.3) is 0 Å². The highest BCUT2D eigenvalue weighted by molar-refractivity contribution is 5.76. The lowest BCUT2D eigenvalue weighted by atomic mass is 9.92. The molecule has 0 N–H and O–H groups in total. The van der Waals surface area contributed by atoms with Gasteiger partial charge in [-0.1, -0.05) is 0 Å². The van der Waals surface area contributed by atoms with Crippen LogP contribution in [-0.2, 0) is 4.79 Å². The van der Waals surface area contributed by atoms with Crippen LogP contribution in [0.1, 0.15) is 51.4 Å². The van der Waals surface area contributed by atoms with Crippen molar-refractivity contribution >= 4 is 5.91 Å². The highest BCUT2D eigenvalue weighted by Crippen LogP contribution is 2.25. The van der Waals surface area contributed by atoms with E-state index in [1.807, 2.05) is 11.9 Å². The van der Waals surface area contributed by atoms with Crippen molar-refractivity contribution < 1.29 is 18.0 Å². The zero-order valence-electron chi connectivity index (χ0n) is 16.2. The molecular formula is C19H34F3N3O. The van der Waals surface area contributed by atoms with Gasteiger partial charge in [-0.3, -0.25) is 4.79 Å². The molecule has 2 fully saturated rings. The molecule has 2 heterocycles. The van der Waals surface area contributed by atoms with E-state index in [1.54, 1.807) is 0 Å². The molecule has 1 unspecified atom stereocenters. The van der Waals surface area contributed by atoms with Gasteiger partial charge in [0.1, 0.15) is 0 Å². The highest BCUT2D eigenvalue weighted by atomic mass is 19.4. The van der Waals surface area contributed by atoms with Crippen LogP contribution in [0.4, 0.5) is 13.2 Å². The quantitative estimate of drug-likeness (QED) is 0.681. The lowest BCUT2D eigenvalue weighted by molar-refractivity contribution is -0.136. The minimum absolute atomic E-state index is 0.175. The maximum Gasteiger partial charge on any atom is 0.389 e. The number of amides is 1. The van der Waals surface area contributed by atoms with Crippen molar-refractivity contribution in [1.29, 1.82) is 0 Å². The zero-order valence-corrected chi connectivity index (χ0v) is 16.2. The Balaban J connectivity index is 1.67. The van der Waals surface area contributed by atoms with Crippen LogP contribution in [0.15, 0.2) is 0 Å². The average molecular weight is 377 g/mol. The van der Waals surface area contributed by atoms with Gasteiger partial charge in [-0.15, -0.1) is 0 Å². The van der Waals surface area contributed by atoms with Crippen LogP contribution in [0.2, 0.25) is 0 Å². The van der Waals surface area contributed by atoms with Crippen molar-refractivity contribution in [3.8, 4) is 0 Å². The SMILES string of the molecule is CN1CCC(N(C)C(=O)CCC2CCCN(CCCC(F)(F)F)C2)CC1. The third-order valence-corrected chi connectivity index (χ3v) is 5.93. The van der Waals surface area contributed by atoms with Crippen molar-refractivity contribution in [2.75, 3.05) is 46.8 Å². The third kappa shape index (κ3) is 7.43. The summed E-state index contributed by atoms with van der Waals surface area (Å²) in [7, 11) is 4.03. The lowest BCUT2D eigenvalue weighted by Gasteiger charge is -2.36. The number of carbonyl (C=O) groups excluding carboxylic acids is 1. The normalized spacial score (nSPS) is 24.0. The van der Waals surface area contributed by atoms with Gasteiger partial charge in [0.15, 0.2) is 0 Å². The number of rotatable bonds is 7. The second-order valence-corrected chi connectivity index (χ2v) is 8.11. The molecule has 0 aromatic carbocycles. The Kier molecular flexibility index (Phi) is 8.20. The van der Waals surface area contributed by atoms with Gasteiger partial charge in [-0.05, 0) is 77.7 Å². The largest absolute Gasteiger partial charge is 0.389 e. The molecule has 2 rings (SSSR count). The van der Waals surface area contributed by atoms with Gasteiger partial charge in [-0.2, -0.15) is 13.2 Å². The Hall–Kier alpha value is -0.820. The molecule has 1 amide bonds. The topological polar surface area (TPSA) is 26.8 Å². The standard InChI is InChI=1S/C19H34F3N3O/c1-23-13-8-17(9-14-23)24(2)18(26)7-6-16-5-3-11-25(15-16)12-4-10-19(20,21)22/h16-17H,3-15H2,1-2H3. The molecule has 0 aromatic rings. The number of hydrogen-bond donors (Lipinski definition) is 0. The summed E-state index contributed by atoms with van der Waals surface area (Å²) < 4.78 is 36.9. The summed E-state index contributed by atoms with van der Waals surface area (Å²) in [4.78, 5) is 18.9. The maximum atomic E-state index is 12.5. The van der Waals surface area contributed by atoms with Gasteiger partial charge < -0.3 is 14.7 Å². The molecule has 4 nitrogen and oxygen atoms in total. The number of alkyl halides is 3. The predicted molar refractivity (Wildman–Crippen MR) is 97.0 cm³/mol. The minimum Gasteiger partial charge on any atom is -0.343 e. The van der Waals surface area contributed by atoms with E-state index >= 15 is 0 Å². The van der Waals surface area contributed by atoms with E-state index in [9.17, 15) is 18.0 Å². The monoisotopic (exact) mass is 377 g/mol. The summed E-state index contributed by atoms with van der Waals surface area (Å²) in [6.07, 6.45) is 1.01. The first-order valence-corrected chi connectivity index (χ1v) is 9.98. The van der Waals surface area contributed by atoms with Gasteiger partial charge in [-0.25, -0.2) is 0 Å². The molecule has 1 atom stereocenters. The van der Waals surface area contributed by atoms with Crippen molar-refractivity contribution in [2.24, 2.45) is 5.92 Å². The van der Waals surface area contributed by atoms with Crippen LogP contribution in [0, 0.1) is 5.92 Å². The first kappa shape index (κ1) is 21.5. The smallest absolute Gasteiger partial charge is 0.343 e. The molecule has 0 aromatic heterocycles. The van der Waals surface area contributed by atoms with E-state index in [0.29, 0.717) is 24.9 Å². The second kappa shape index (κ2) is 9.93. The minimum atomic E-state index is -4.06. The van der Waals surface area contributed by atoms with Crippen LogP contribution in [0.5, 0.6) is 0 Å². The summed E-state index contributed by atoms with van der Waals surface area (Å²) >= 11 is 0. The Morgan fingerprint density at radius 3 is 2.50 bits per heavy atom. The van der Waals surface area contributed by atoms with E-state index in [-0.39, 0.29) is 12.3 Å². The van der Waals surface area contributed by atoms with Crippen molar-refractivity contribution in [3.05, 3.63) is 0 Å². The zero-order chi connectivity index (χ0) is 19.2. The predicted octanol–water partition coefficient (Wildman–Crippen LogP) is 3.37. The molecule has 0 saturated carbocycles. The summed E-state index contributed by atoms with van der Waals surface area (Å²) in [5.41, 5.74) is 0. The summed E-state index contributed by atoms with van der Waals surface area (Å²) in [5, 5.41) is 0. The number of likely N-dealkylation sites (tertiary alicyclic amines) is 2. The number of halogens is 3. The lowest BCUT2D eigenvalue weighted by Crippen LogP contribution is -2.44. The van der Waals surface area contributed by atoms with Gasteiger partial charge in [0.25, 0.3) is 0 Å². The molecule has 2 saturated heterocycles. The molecule has 0 radical (unpaired) electrons. The Morgan fingerprint density at radius 1 is 1.15 bits per heavy atom. The fourth-order valence-electron chi connectivity index (χ4n) is 4.18. The highest BCUT2D eigenvalue weighted by Gasteiger charge is 2.28. The molecule has 0 bridgehead atoms. The average Bonchev–Trinajstić information content (AvgIpc) is 2.59. The van der Waals surface area contributed by atoms with Crippen molar-refractivity contribution in [1.82, 2.24) is 14.7 Å². The van der Waals surface area contributed by atoms with Crippen LogP contribution in [0.3, 0.4) is 0 Å². The first-order valence-electron chi connectivity index (χ1n) is 9.98. The van der Waals surface area contributed by atoms with Gasteiger partial charge in [0.05, 0.1) is 0 Å². The van der Waals surface area contributed by atoms with E-state index in [2.05, 4.69) is 16.8 Å². The molecule has 26 heavy (non-hydrogen) atoms. The van der Waals surface area contributed by atoms with Crippen LogP contribution in [-0.4, -0.2) is 79.6 Å². The Labute approximate surface area is 155 Å². The molecule has 2 aliphatic rings. The fraction of sp³-hybridized carbons (Fsp3) is 0.947. The van der Waals surface area contributed by atoms with E-state index in [1.165, 1.54) is 0 Å². The summed E-state index contributed by atoms with van der Waals surface area (Å²) in [6.45, 7) is 4.32. The fourth-order valence-corrected chi connectivity index (χ4v) is 4.18. The number of carbonyl (C=O) groups is 1. The number of piperidine rings is 2. The molecule has 0 spiro atoms. The number of nitrogens with zero attached hydrogens (tertiary/aromatic N) is 3. The Morgan fingerprint density at radius 2 is 1.85 bits per heavy atom. The molecule has 0 aliphatic carbocycles. The van der Waals surface area contributed by atoms with E-state index in [4.69, 9.17) is 0 Å². The van der Waals surface area contributed by atoms with Crippen molar-refractivity contribution in [2.45, 2.75) is 63.6 Å². The molecule has 7 heteroatoms. The Bertz CT molecular complexity index is 436. The molecule has 152 valence electrons. The van der Waals surface area contributed by atoms with Gasteiger partial charge >= 0.3 is 6.18 Å². The summed E-state index contributed by atoms with van der Waals surface area (Å²) in [6, 6.07) is 0.351. The third-order valence-electron chi connectivity index (χ3n) is 5.93. The van der Waals surface area contributed by atoms with Crippen LogP contribution >= 0.6 is 0 Å². The van der Waals surface area contributed by atoms with Gasteiger partial charge in [0, 0.05) is 32.5 Å². The molecule has 2 aliphatic heterocycles. The van der Waals surface area contributed by atoms with E-state index < -0.39 is 12.6 Å². The van der Waals surface area contributed by atoms with Gasteiger partial charge in [0.2, 0.25) is 5.91 Å². The maximum absolute atomic E-state index is 12.5. The second-order valence-electron chi connectivity index (χ2n) is 8.11. The van der Waals surface area contributed by atoms with Crippen LogP contribution < -0.4 is 0 Å². The number of hydrogen-bond acceptors (Lipinski definition) is 3. The molecular weight excluding hydrogens is 343 g/mol.